The van der Waals surface area contributed by atoms with Crippen molar-refractivity contribution < 1.29 is 23.4 Å². The topological polar surface area (TPSA) is 48.0 Å². The second kappa shape index (κ2) is 8.29. The van der Waals surface area contributed by atoms with Crippen molar-refractivity contribution in [2.45, 2.75) is 25.3 Å². The third kappa shape index (κ3) is 4.32. The minimum atomic E-state index is -0.402. The van der Waals surface area contributed by atoms with Gasteiger partial charge in [-0.2, -0.15) is 0 Å². The van der Waals surface area contributed by atoms with Gasteiger partial charge < -0.3 is 19.1 Å². The molecule has 0 bridgehead atoms. The van der Waals surface area contributed by atoms with Crippen LogP contribution < -0.4 is 14.2 Å². The lowest BCUT2D eigenvalue weighted by Gasteiger charge is -2.23. The predicted molar refractivity (Wildman–Crippen MR) is 100 cm³/mol. The molecule has 0 radical (unpaired) electrons. The fraction of sp³-hybridized carbons (Fsp3) is 0.381. The van der Waals surface area contributed by atoms with E-state index >= 15 is 0 Å². The standard InChI is InChI=1S/C21H24FNO4/c1-25-18-11-14(12-19(26-2)20(18)27-3)9-10-23(17-7-8-17)21(24)15-5-4-6-16(22)13-15/h4-6,11-13,17H,7-10H2,1-3H3. The van der Waals surface area contributed by atoms with E-state index in [4.69, 9.17) is 14.2 Å². The van der Waals surface area contributed by atoms with Crippen molar-refractivity contribution in [1.29, 1.82) is 0 Å². The highest BCUT2D eigenvalue weighted by atomic mass is 19.1. The number of benzene rings is 2. The number of nitrogens with zero attached hydrogens (tertiary/aromatic N) is 1. The van der Waals surface area contributed by atoms with Gasteiger partial charge in [0.05, 0.1) is 21.3 Å². The molecule has 6 heteroatoms. The fourth-order valence-corrected chi connectivity index (χ4v) is 3.15. The van der Waals surface area contributed by atoms with Gasteiger partial charge in [-0.05, 0) is 55.2 Å². The second-order valence-electron chi connectivity index (χ2n) is 6.52. The number of ether oxygens (including phenoxy) is 3. The highest BCUT2D eigenvalue weighted by Crippen LogP contribution is 2.38. The molecule has 27 heavy (non-hydrogen) atoms. The molecule has 0 unspecified atom stereocenters. The lowest BCUT2D eigenvalue weighted by molar-refractivity contribution is 0.0744. The maximum absolute atomic E-state index is 13.5. The van der Waals surface area contributed by atoms with Crippen LogP contribution in [0.15, 0.2) is 36.4 Å². The Hall–Kier alpha value is -2.76. The summed E-state index contributed by atoms with van der Waals surface area (Å²) in [5.74, 6) is 1.17. The number of carbonyl (C=O) groups excluding carboxylic acids is 1. The minimum Gasteiger partial charge on any atom is -0.493 e. The first-order valence-electron chi connectivity index (χ1n) is 8.92. The van der Waals surface area contributed by atoms with Crippen molar-refractivity contribution in [2.24, 2.45) is 0 Å². The van der Waals surface area contributed by atoms with E-state index in [0.717, 1.165) is 18.4 Å². The molecular formula is C21H24FNO4. The van der Waals surface area contributed by atoms with Crippen molar-refractivity contribution in [3.8, 4) is 17.2 Å². The van der Waals surface area contributed by atoms with Crippen LogP contribution in [-0.4, -0.2) is 44.7 Å². The summed E-state index contributed by atoms with van der Waals surface area (Å²) in [5, 5.41) is 0. The molecule has 2 aromatic rings. The number of rotatable bonds is 8. The Morgan fingerprint density at radius 3 is 2.26 bits per heavy atom. The van der Waals surface area contributed by atoms with Gasteiger partial charge in [-0.1, -0.05) is 6.07 Å². The van der Waals surface area contributed by atoms with Crippen molar-refractivity contribution in [1.82, 2.24) is 4.90 Å². The minimum absolute atomic E-state index is 0.135. The first-order chi connectivity index (χ1) is 13.1. The van der Waals surface area contributed by atoms with Crippen LogP contribution in [0.5, 0.6) is 17.2 Å². The highest BCUT2D eigenvalue weighted by Gasteiger charge is 2.33. The van der Waals surface area contributed by atoms with Crippen LogP contribution in [0.4, 0.5) is 4.39 Å². The van der Waals surface area contributed by atoms with E-state index in [2.05, 4.69) is 0 Å². The normalized spacial score (nSPS) is 13.2. The average Bonchev–Trinajstić information content (AvgIpc) is 3.52. The number of hydrogen-bond acceptors (Lipinski definition) is 4. The zero-order valence-corrected chi connectivity index (χ0v) is 15.8. The molecule has 0 N–H and O–H groups in total. The van der Waals surface area contributed by atoms with E-state index in [1.807, 2.05) is 17.0 Å². The lowest BCUT2D eigenvalue weighted by Crippen LogP contribution is -2.35. The summed E-state index contributed by atoms with van der Waals surface area (Å²) in [6.45, 7) is 0.540. The predicted octanol–water partition coefficient (Wildman–Crippen LogP) is 3.70. The molecule has 1 saturated carbocycles. The summed E-state index contributed by atoms with van der Waals surface area (Å²) in [7, 11) is 4.71. The Kier molecular flexibility index (Phi) is 5.84. The van der Waals surface area contributed by atoms with Crippen LogP contribution in [-0.2, 0) is 6.42 Å². The van der Waals surface area contributed by atoms with Crippen molar-refractivity contribution in [3.05, 3.63) is 53.3 Å². The SMILES string of the molecule is COc1cc(CCN(C(=O)c2cccc(F)c2)C2CC2)cc(OC)c1OC. The molecule has 0 atom stereocenters. The van der Waals surface area contributed by atoms with Crippen LogP contribution in [0, 0.1) is 5.82 Å². The van der Waals surface area contributed by atoms with Crippen molar-refractivity contribution in [3.63, 3.8) is 0 Å². The average molecular weight is 373 g/mol. The van der Waals surface area contributed by atoms with Gasteiger partial charge in [0.1, 0.15) is 5.82 Å². The number of methoxy groups -OCH3 is 3. The number of halogens is 1. The third-order valence-electron chi connectivity index (χ3n) is 4.69. The fourth-order valence-electron chi connectivity index (χ4n) is 3.15. The zero-order valence-electron chi connectivity index (χ0n) is 15.8. The molecule has 2 aromatic carbocycles. The van der Waals surface area contributed by atoms with E-state index in [-0.39, 0.29) is 11.9 Å². The monoisotopic (exact) mass is 373 g/mol. The molecule has 0 aliphatic heterocycles. The van der Waals surface area contributed by atoms with E-state index in [1.165, 1.54) is 12.1 Å². The van der Waals surface area contributed by atoms with Crippen LogP contribution in [0.1, 0.15) is 28.8 Å². The molecule has 3 rings (SSSR count). The van der Waals surface area contributed by atoms with E-state index < -0.39 is 5.82 Å². The molecule has 0 saturated heterocycles. The van der Waals surface area contributed by atoms with Crippen LogP contribution in [0.25, 0.3) is 0 Å². The van der Waals surface area contributed by atoms with Crippen molar-refractivity contribution in [2.75, 3.05) is 27.9 Å². The Balaban J connectivity index is 1.78. The lowest BCUT2D eigenvalue weighted by atomic mass is 10.1. The maximum Gasteiger partial charge on any atom is 0.254 e. The first-order valence-corrected chi connectivity index (χ1v) is 8.92. The largest absolute Gasteiger partial charge is 0.493 e. The number of carbonyl (C=O) groups is 1. The molecule has 5 nitrogen and oxygen atoms in total. The molecule has 1 fully saturated rings. The van der Waals surface area contributed by atoms with Gasteiger partial charge in [0.25, 0.3) is 5.91 Å². The summed E-state index contributed by atoms with van der Waals surface area (Å²) in [6, 6.07) is 9.85. The van der Waals surface area contributed by atoms with Gasteiger partial charge in [0.15, 0.2) is 11.5 Å². The van der Waals surface area contributed by atoms with E-state index in [1.54, 1.807) is 33.5 Å². The van der Waals surface area contributed by atoms with Crippen LogP contribution in [0.3, 0.4) is 0 Å². The second-order valence-corrected chi connectivity index (χ2v) is 6.52. The Morgan fingerprint density at radius 1 is 1.07 bits per heavy atom. The summed E-state index contributed by atoms with van der Waals surface area (Å²) < 4.78 is 29.6. The molecular weight excluding hydrogens is 349 g/mol. The third-order valence-corrected chi connectivity index (χ3v) is 4.69. The summed E-state index contributed by atoms with van der Waals surface area (Å²) >= 11 is 0. The van der Waals surface area contributed by atoms with Crippen LogP contribution in [0.2, 0.25) is 0 Å². The highest BCUT2D eigenvalue weighted by molar-refractivity contribution is 5.94. The van der Waals surface area contributed by atoms with Gasteiger partial charge in [-0.3, -0.25) is 4.79 Å². The van der Waals surface area contributed by atoms with E-state index in [9.17, 15) is 9.18 Å². The van der Waals surface area contributed by atoms with Gasteiger partial charge in [-0.15, -0.1) is 0 Å². The van der Waals surface area contributed by atoms with Crippen LogP contribution >= 0.6 is 0 Å². The summed E-state index contributed by atoms with van der Waals surface area (Å²) in [6.07, 6.45) is 2.60. The smallest absolute Gasteiger partial charge is 0.254 e. The Bertz CT molecular complexity index is 795. The molecule has 0 aromatic heterocycles. The van der Waals surface area contributed by atoms with Crippen molar-refractivity contribution >= 4 is 5.91 Å². The molecule has 1 amide bonds. The molecule has 1 aliphatic rings. The van der Waals surface area contributed by atoms with Gasteiger partial charge in [0.2, 0.25) is 5.75 Å². The Labute approximate surface area is 158 Å². The molecule has 1 aliphatic carbocycles. The summed E-state index contributed by atoms with van der Waals surface area (Å²) in [5.41, 5.74) is 1.36. The maximum atomic E-state index is 13.5. The first kappa shape index (κ1) is 19.0. The number of amides is 1. The van der Waals surface area contributed by atoms with E-state index in [0.29, 0.717) is 35.8 Å². The molecule has 0 heterocycles. The van der Waals surface area contributed by atoms with Gasteiger partial charge >= 0.3 is 0 Å². The summed E-state index contributed by atoms with van der Waals surface area (Å²) in [4.78, 5) is 14.7. The van der Waals surface area contributed by atoms with Gasteiger partial charge in [-0.25, -0.2) is 4.39 Å². The molecule has 144 valence electrons. The number of hydrogen-bond donors (Lipinski definition) is 0. The zero-order chi connectivity index (χ0) is 19.4. The van der Waals surface area contributed by atoms with Gasteiger partial charge in [0, 0.05) is 18.2 Å². The molecule has 0 spiro atoms. The quantitative estimate of drug-likeness (QED) is 0.708. The Morgan fingerprint density at radius 2 is 1.74 bits per heavy atom.